The molecule has 1 aliphatic carbocycles. The molecule has 6 nitrogen and oxygen atoms in total. The molecule has 3 fully saturated rings. The van der Waals surface area contributed by atoms with Crippen LogP contribution in [0.15, 0.2) is 36.5 Å². The zero-order valence-electron chi connectivity index (χ0n) is 17.6. The zero-order chi connectivity index (χ0) is 21.6. The van der Waals surface area contributed by atoms with Crippen LogP contribution in [-0.4, -0.2) is 35.1 Å². The number of pyridine rings is 1. The third kappa shape index (κ3) is 3.20. The van der Waals surface area contributed by atoms with E-state index in [-0.39, 0.29) is 5.91 Å². The third-order valence-electron chi connectivity index (χ3n) is 7.03. The van der Waals surface area contributed by atoms with E-state index < -0.39 is 11.0 Å². The largest absolute Gasteiger partial charge is 0.381 e. The van der Waals surface area contributed by atoms with Crippen molar-refractivity contribution in [3.8, 4) is 6.07 Å². The summed E-state index contributed by atoms with van der Waals surface area (Å²) in [5, 5.41) is 9.19. The molecule has 0 bridgehead atoms. The molecular weight excluding hydrogens is 408 g/mol. The summed E-state index contributed by atoms with van der Waals surface area (Å²) in [5.41, 5.74) is 3.21. The molecule has 1 aromatic heterocycles. The molecule has 2 aliphatic heterocycles. The average molecular weight is 435 g/mol. The maximum absolute atomic E-state index is 13.6. The van der Waals surface area contributed by atoms with E-state index in [4.69, 9.17) is 17.4 Å². The van der Waals surface area contributed by atoms with Gasteiger partial charge in [-0.15, -0.1) is 12.6 Å². The van der Waals surface area contributed by atoms with Crippen molar-refractivity contribution < 1.29 is 9.53 Å². The van der Waals surface area contributed by atoms with Gasteiger partial charge in [-0.1, -0.05) is 12.1 Å². The first-order chi connectivity index (χ1) is 15.0. The summed E-state index contributed by atoms with van der Waals surface area (Å²) in [7, 11) is 0. The molecule has 3 heterocycles. The van der Waals surface area contributed by atoms with Crippen LogP contribution in [0, 0.1) is 18.3 Å². The SMILES string of the molecule is Cc1cc(N2C(=O)C3(CCC3)N(c3ccc(C4CCOCC4)cc3)C2S)cnc1C#N. The molecule has 1 saturated carbocycles. The fourth-order valence-electron chi connectivity index (χ4n) is 5.11. The highest BCUT2D eigenvalue weighted by atomic mass is 32.1. The monoisotopic (exact) mass is 434 g/mol. The van der Waals surface area contributed by atoms with Gasteiger partial charge in [0.25, 0.3) is 5.91 Å². The van der Waals surface area contributed by atoms with Gasteiger partial charge in [0, 0.05) is 18.9 Å². The Morgan fingerprint density at radius 2 is 1.90 bits per heavy atom. The first kappa shape index (κ1) is 20.3. The van der Waals surface area contributed by atoms with Crippen molar-refractivity contribution in [2.24, 2.45) is 0 Å². The van der Waals surface area contributed by atoms with Gasteiger partial charge in [-0.25, -0.2) is 4.98 Å². The van der Waals surface area contributed by atoms with Gasteiger partial charge in [0.15, 0.2) is 5.50 Å². The molecular formula is C24H26N4O2S. The molecule has 1 atom stereocenters. The van der Waals surface area contributed by atoms with Crippen molar-refractivity contribution in [2.45, 2.75) is 56.0 Å². The summed E-state index contributed by atoms with van der Waals surface area (Å²) < 4.78 is 5.49. The quantitative estimate of drug-likeness (QED) is 0.735. The summed E-state index contributed by atoms with van der Waals surface area (Å²) in [6.07, 6.45) is 6.39. The van der Waals surface area contributed by atoms with Gasteiger partial charge in [-0.2, -0.15) is 5.26 Å². The smallest absolute Gasteiger partial charge is 0.255 e. The maximum Gasteiger partial charge on any atom is 0.255 e. The highest BCUT2D eigenvalue weighted by Gasteiger charge is 2.60. The molecule has 3 aliphatic rings. The highest BCUT2D eigenvalue weighted by Crippen LogP contribution is 2.50. The third-order valence-corrected chi connectivity index (χ3v) is 7.49. The molecule has 160 valence electrons. The van der Waals surface area contributed by atoms with Crippen LogP contribution < -0.4 is 9.80 Å². The number of aryl methyl sites for hydroxylation is 1. The number of carbonyl (C=O) groups excluding carboxylic acids is 1. The van der Waals surface area contributed by atoms with Crippen LogP contribution in [-0.2, 0) is 9.53 Å². The van der Waals surface area contributed by atoms with Gasteiger partial charge in [-0.05, 0) is 74.3 Å². The van der Waals surface area contributed by atoms with Crippen molar-refractivity contribution in [2.75, 3.05) is 23.0 Å². The lowest BCUT2D eigenvalue weighted by Gasteiger charge is -2.44. The van der Waals surface area contributed by atoms with Crippen LogP contribution in [0.25, 0.3) is 0 Å². The molecule has 1 amide bonds. The maximum atomic E-state index is 13.6. The Balaban J connectivity index is 1.48. The molecule has 7 heteroatoms. The summed E-state index contributed by atoms with van der Waals surface area (Å²) in [5.74, 6) is 0.606. The summed E-state index contributed by atoms with van der Waals surface area (Å²) in [6.45, 7) is 3.48. The van der Waals surface area contributed by atoms with Crippen molar-refractivity contribution >= 4 is 29.9 Å². The van der Waals surface area contributed by atoms with Gasteiger partial charge in [-0.3, -0.25) is 9.69 Å². The standard InChI is InChI=1S/C24H26N4O2S/c1-16-13-20(15-26-21(16)14-25)27-22(29)24(9-2-10-24)28(23(27)31)19-5-3-17(4-6-19)18-7-11-30-12-8-18/h3-6,13,15,18,23,31H,2,7-12H2,1H3. The van der Waals surface area contributed by atoms with E-state index in [2.05, 4.69) is 40.2 Å². The lowest BCUT2D eigenvalue weighted by Crippen LogP contribution is -2.55. The number of aromatic nitrogens is 1. The lowest BCUT2D eigenvalue weighted by atomic mass is 9.75. The van der Waals surface area contributed by atoms with Crippen molar-refractivity contribution in [3.63, 3.8) is 0 Å². The molecule has 0 radical (unpaired) electrons. The zero-order valence-corrected chi connectivity index (χ0v) is 18.5. The van der Waals surface area contributed by atoms with Crippen LogP contribution in [0.1, 0.15) is 54.8 Å². The van der Waals surface area contributed by atoms with Crippen molar-refractivity contribution in [3.05, 3.63) is 53.3 Å². The Morgan fingerprint density at radius 1 is 1.19 bits per heavy atom. The number of rotatable bonds is 3. The second-order valence-electron chi connectivity index (χ2n) is 8.73. The summed E-state index contributed by atoms with van der Waals surface area (Å²) in [4.78, 5) is 21.8. The van der Waals surface area contributed by atoms with Crippen LogP contribution in [0.5, 0.6) is 0 Å². The molecule has 31 heavy (non-hydrogen) atoms. The van der Waals surface area contributed by atoms with E-state index in [0.717, 1.165) is 56.6 Å². The number of thiol groups is 1. The van der Waals surface area contributed by atoms with Gasteiger partial charge in [0.05, 0.1) is 11.9 Å². The van der Waals surface area contributed by atoms with E-state index >= 15 is 0 Å². The molecule has 2 saturated heterocycles. The normalized spacial score (nSPS) is 23.1. The first-order valence-corrected chi connectivity index (χ1v) is 11.4. The summed E-state index contributed by atoms with van der Waals surface area (Å²) >= 11 is 4.90. The molecule has 0 N–H and O–H groups in total. The van der Waals surface area contributed by atoms with E-state index in [0.29, 0.717) is 17.3 Å². The molecule has 2 aromatic rings. The number of nitrogens with zero attached hydrogens (tertiary/aromatic N) is 4. The summed E-state index contributed by atoms with van der Waals surface area (Å²) in [6, 6.07) is 12.6. The van der Waals surface area contributed by atoms with Crippen LogP contribution >= 0.6 is 12.6 Å². The molecule has 1 unspecified atom stereocenters. The predicted molar refractivity (Wildman–Crippen MR) is 122 cm³/mol. The topological polar surface area (TPSA) is 69.5 Å². The van der Waals surface area contributed by atoms with E-state index in [1.54, 1.807) is 11.1 Å². The van der Waals surface area contributed by atoms with Gasteiger partial charge < -0.3 is 9.64 Å². The Bertz CT molecular complexity index is 1040. The average Bonchev–Trinajstić information content (AvgIpc) is 3.01. The second kappa shape index (κ2) is 7.85. The highest BCUT2D eigenvalue weighted by molar-refractivity contribution is 7.81. The molecule has 5 rings (SSSR count). The number of anilines is 2. The van der Waals surface area contributed by atoms with Crippen LogP contribution in [0.4, 0.5) is 11.4 Å². The lowest BCUT2D eigenvalue weighted by molar-refractivity contribution is -0.124. The number of hydrogen-bond acceptors (Lipinski definition) is 6. The van der Waals surface area contributed by atoms with Gasteiger partial charge in [0.1, 0.15) is 17.3 Å². The van der Waals surface area contributed by atoms with Crippen LogP contribution in [0.3, 0.4) is 0 Å². The predicted octanol–water partition coefficient (Wildman–Crippen LogP) is 4.15. The molecule has 1 spiro atoms. The second-order valence-corrected chi connectivity index (χ2v) is 9.19. The number of benzene rings is 1. The fourth-order valence-corrected chi connectivity index (χ4v) is 5.71. The minimum atomic E-state index is -0.547. The number of carbonyl (C=O) groups is 1. The minimum Gasteiger partial charge on any atom is -0.381 e. The first-order valence-electron chi connectivity index (χ1n) is 10.9. The minimum absolute atomic E-state index is 0.0677. The van der Waals surface area contributed by atoms with Crippen molar-refractivity contribution in [1.82, 2.24) is 4.98 Å². The Kier molecular flexibility index (Phi) is 5.15. The van der Waals surface area contributed by atoms with Crippen LogP contribution in [0.2, 0.25) is 0 Å². The Labute approximate surface area is 188 Å². The number of nitriles is 1. The van der Waals surface area contributed by atoms with Gasteiger partial charge >= 0.3 is 0 Å². The number of amides is 1. The van der Waals surface area contributed by atoms with E-state index in [9.17, 15) is 10.1 Å². The molecule has 1 aromatic carbocycles. The van der Waals surface area contributed by atoms with Gasteiger partial charge in [0.2, 0.25) is 0 Å². The number of ether oxygens (including phenoxy) is 1. The fraction of sp³-hybridized carbons (Fsp3) is 0.458. The Hall–Kier alpha value is -2.56. The Morgan fingerprint density at radius 3 is 2.48 bits per heavy atom. The van der Waals surface area contributed by atoms with E-state index in [1.807, 2.05) is 13.0 Å². The van der Waals surface area contributed by atoms with Crippen molar-refractivity contribution in [1.29, 1.82) is 5.26 Å². The number of hydrogen-bond donors (Lipinski definition) is 1. The van der Waals surface area contributed by atoms with E-state index in [1.165, 1.54) is 5.56 Å².